The molecule has 0 bridgehead atoms. The number of aromatic nitrogens is 2. The fourth-order valence-corrected chi connectivity index (χ4v) is 4.67. The predicted octanol–water partition coefficient (Wildman–Crippen LogP) is 8.81. The van der Waals surface area contributed by atoms with E-state index in [1.165, 1.54) is 5.56 Å². The molecule has 0 N–H and O–H groups in total. The standard InChI is InChI=1S/C35H24N2O4/c1-21-3-7-25(8-4-21)33-36-29-19-30-32(20-31(29)40-33)41-34(37-30)26-13-9-23(10-14-26)24-11-15-27(16-12-24)35(38)39-28-17-5-22(2)6-18-28/h3-20H,1-2H3. The number of rotatable bonds is 5. The molecule has 5 aromatic carbocycles. The van der Waals surface area contributed by atoms with Gasteiger partial charge in [-0.2, -0.15) is 0 Å². The number of ether oxygens (including phenoxy) is 1. The lowest BCUT2D eigenvalue weighted by molar-refractivity contribution is 0.0734. The molecular formula is C35H24N2O4. The molecule has 0 aliphatic carbocycles. The van der Waals surface area contributed by atoms with Gasteiger partial charge in [0, 0.05) is 17.2 Å². The van der Waals surface area contributed by atoms with E-state index in [4.69, 9.17) is 18.6 Å². The average molecular weight is 537 g/mol. The molecule has 2 aromatic heterocycles. The van der Waals surface area contributed by atoms with Gasteiger partial charge in [-0.05, 0) is 79.6 Å². The first-order valence-electron chi connectivity index (χ1n) is 13.3. The van der Waals surface area contributed by atoms with Crippen LogP contribution < -0.4 is 4.74 Å². The second kappa shape index (κ2) is 9.92. The monoisotopic (exact) mass is 536 g/mol. The van der Waals surface area contributed by atoms with Gasteiger partial charge in [-0.1, -0.05) is 59.7 Å². The Morgan fingerprint density at radius 1 is 0.561 bits per heavy atom. The zero-order valence-electron chi connectivity index (χ0n) is 22.4. The van der Waals surface area contributed by atoms with Crippen LogP contribution in [0.15, 0.2) is 118 Å². The van der Waals surface area contributed by atoms with Crippen LogP contribution in [0.2, 0.25) is 0 Å². The highest BCUT2D eigenvalue weighted by atomic mass is 16.5. The van der Waals surface area contributed by atoms with Crippen LogP contribution in [-0.2, 0) is 0 Å². The summed E-state index contributed by atoms with van der Waals surface area (Å²) in [4.78, 5) is 21.9. The summed E-state index contributed by atoms with van der Waals surface area (Å²) in [5, 5.41) is 0. The average Bonchev–Trinajstić information content (AvgIpc) is 3.61. The van der Waals surface area contributed by atoms with Crippen molar-refractivity contribution in [1.29, 1.82) is 0 Å². The van der Waals surface area contributed by atoms with E-state index in [0.717, 1.165) is 33.3 Å². The van der Waals surface area contributed by atoms with Crippen LogP contribution in [0.25, 0.3) is 56.2 Å². The summed E-state index contributed by atoms with van der Waals surface area (Å²) in [6.45, 7) is 4.04. The molecule has 6 heteroatoms. The minimum absolute atomic E-state index is 0.389. The minimum atomic E-state index is -0.389. The summed E-state index contributed by atoms with van der Waals surface area (Å²) in [7, 11) is 0. The van der Waals surface area contributed by atoms with Crippen LogP contribution in [0.3, 0.4) is 0 Å². The molecule has 0 saturated carbocycles. The lowest BCUT2D eigenvalue weighted by atomic mass is 10.0. The molecule has 2 heterocycles. The van der Waals surface area contributed by atoms with Gasteiger partial charge in [-0.15, -0.1) is 0 Å². The van der Waals surface area contributed by atoms with E-state index < -0.39 is 0 Å². The molecule has 0 amide bonds. The van der Waals surface area contributed by atoms with Gasteiger partial charge in [0.1, 0.15) is 16.8 Å². The van der Waals surface area contributed by atoms with E-state index in [1.54, 1.807) is 24.3 Å². The molecule has 7 aromatic rings. The third-order valence-electron chi connectivity index (χ3n) is 7.01. The summed E-state index contributed by atoms with van der Waals surface area (Å²) in [6, 6.07) is 34.5. The van der Waals surface area contributed by atoms with Crippen molar-refractivity contribution in [3.8, 4) is 39.8 Å². The van der Waals surface area contributed by atoms with Gasteiger partial charge in [-0.25, -0.2) is 14.8 Å². The molecule has 198 valence electrons. The van der Waals surface area contributed by atoms with E-state index in [9.17, 15) is 4.79 Å². The lowest BCUT2D eigenvalue weighted by Crippen LogP contribution is -2.08. The number of carbonyl (C=O) groups excluding carboxylic acids is 1. The summed E-state index contributed by atoms with van der Waals surface area (Å²) in [5.41, 5.74) is 9.28. The predicted molar refractivity (Wildman–Crippen MR) is 159 cm³/mol. The second-order valence-electron chi connectivity index (χ2n) is 10.0. The van der Waals surface area contributed by atoms with E-state index >= 15 is 0 Å². The number of benzene rings is 5. The molecular weight excluding hydrogens is 512 g/mol. The summed E-state index contributed by atoms with van der Waals surface area (Å²) >= 11 is 0. The number of carbonyl (C=O) groups is 1. The van der Waals surface area contributed by atoms with Crippen molar-refractivity contribution in [2.45, 2.75) is 13.8 Å². The maximum Gasteiger partial charge on any atom is 0.343 e. The largest absolute Gasteiger partial charge is 0.436 e. The van der Waals surface area contributed by atoms with Gasteiger partial charge >= 0.3 is 5.97 Å². The zero-order chi connectivity index (χ0) is 27.9. The quantitative estimate of drug-likeness (QED) is 0.162. The van der Waals surface area contributed by atoms with E-state index in [2.05, 4.69) is 4.98 Å². The number of nitrogens with zero attached hydrogens (tertiary/aromatic N) is 2. The fraction of sp³-hybridized carbons (Fsp3) is 0.0571. The van der Waals surface area contributed by atoms with Crippen LogP contribution in [0.4, 0.5) is 0 Å². The van der Waals surface area contributed by atoms with E-state index in [-0.39, 0.29) is 5.97 Å². The van der Waals surface area contributed by atoms with Gasteiger partial charge in [-0.3, -0.25) is 0 Å². The maximum absolute atomic E-state index is 12.5. The third-order valence-corrected chi connectivity index (χ3v) is 7.01. The molecule has 0 spiro atoms. The van der Waals surface area contributed by atoms with Gasteiger partial charge in [0.15, 0.2) is 11.2 Å². The van der Waals surface area contributed by atoms with E-state index in [1.807, 2.05) is 98.8 Å². The van der Waals surface area contributed by atoms with Crippen LogP contribution >= 0.6 is 0 Å². The van der Waals surface area contributed by atoms with Gasteiger partial charge in [0.25, 0.3) is 0 Å². The molecule has 0 fully saturated rings. The molecule has 0 aliphatic heterocycles. The first-order valence-corrected chi connectivity index (χ1v) is 13.3. The summed E-state index contributed by atoms with van der Waals surface area (Å²) in [6.07, 6.45) is 0. The van der Waals surface area contributed by atoms with Crippen molar-refractivity contribution >= 4 is 28.2 Å². The molecule has 0 atom stereocenters. The van der Waals surface area contributed by atoms with Crippen LogP contribution in [-0.4, -0.2) is 15.9 Å². The Morgan fingerprint density at radius 3 is 1.54 bits per heavy atom. The van der Waals surface area contributed by atoms with E-state index in [0.29, 0.717) is 39.8 Å². The Kier molecular flexibility index (Phi) is 5.94. The first-order chi connectivity index (χ1) is 20.0. The normalized spacial score (nSPS) is 11.3. The second-order valence-corrected chi connectivity index (χ2v) is 10.0. The summed E-state index contributed by atoms with van der Waals surface area (Å²) < 4.78 is 17.6. The molecule has 41 heavy (non-hydrogen) atoms. The molecule has 0 saturated heterocycles. The molecule has 7 rings (SSSR count). The molecule has 6 nitrogen and oxygen atoms in total. The van der Waals surface area contributed by atoms with Crippen molar-refractivity contribution in [3.05, 3.63) is 126 Å². The molecule has 0 aliphatic rings. The van der Waals surface area contributed by atoms with Crippen LogP contribution in [0, 0.1) is 13.8 Å². The topological polar surface area (TPSA) is 78.4 Å². The van der Waals surface area contributed by atoms with Crippen molar-refractivity contribution in [1.82, 2.24) is 9.97 Å². The maximum atomic E-state index is 12.5. The van der Waals surface area contributed by atoms with Crippen LogP contribution in [0.5, 0.6) is 5.75 Å². The Balaban J connectivity index is 1.09. The number of fused-ring (bicyclic) bond motifs is 2. The highest BCUT2D eigenvalue weighted by Gasteiger charge is 2.15. The number of hydrogen-bond acceptors (Lipinski definition) is 6. The number of oxazole rings is 2. The third kappa shape index (κ3) is 4.87. The number of esters is 1. The first kappa shape index (κ1) is 24.5. The minimum Gasteiger partial charge on any atom is -0.436 e. The number of aryl methyl sites for hydroxylation is 2. The highest BCUT2D eigenvalue weighted by molar-refractivity contribution is 5.92. The lowest BCUT2D eigenvalue weighted by Gasteiger charge is -2.06. The van der Waals surface area contributed by atoms with Crippen molar-refractivity contribution in [2.24, 2.45) is 0 Å². The van der Waals surface area contributed by atoms with Gasteiger partial charge in [0.05, 0.1) is 5.56 Å². The number of hydrogen-bond donors (Lipinski definition) is 0. The smallest absolute Gasteiger partial charge is 0.343 e. The Bertz CT molecular complexity index is 1970. The van der Waals surface area contributed by atoms with Gasteiger partial charge < -0.3 is 13.6 Å². The Hall–Kier alpha value is -5.49. The Morgan fingerprint density at radius 2 is 1.00 bits per heavy atom. The van der Waals surface area contributed by atoms with Crippen molar-refractivity contribution < 1.29 is 18.4 Å². The van der Waals surface area contributed by atoms with Crippen molar-refractivity contribution in [2.75, 3.05) is 0 Å². The molecule has 0 radical (unpaired) electrons. The van der Waals surface area contributed by atoms with Crippen LogP contribution in [0.1, 0.15) is 21.5 Å². The zero-order valence-corrected chi connectivity index (χ0v) is 22.4. The summed E-state index contributed by atoms with van der Waals surface area (Å²) in [5.74, 6) is 1.23. The van der Waals surface area contributed by atoms with Crippen molar-refractivity contribution in [3.63, 3.8) is 0 Å². The Labute approximate surface area is 235 Å². The fourth-order valence-electron chi connectivity index (χ4n) is 4.67. The molecule has 0 unspecified atom stereocenters. The SMILES string of the molecule is Cc1ccc(OC(=O)c2ccc(-c3ccc(-c4nc5cc6nc(-c7ccc(C)cc7)oc6cc5o4)cc3)cc2)cc1. The van der Waals surface area contributed by atoms with Gasteiger partial charge in [0.2, 0.25) is 11.8 Å². The highest BCUT2D eigenvalue weighted by Crippen LogP contribution is 2.32.